The smallest absolute Gasteiger partial charge is 0.239 e. The molecule has 0 spiro atoms. The standard InChI is InChI=1S/C16H18N2O/c1-18(11-16(19)17-13-9-10-13)15-8-4-6-12-5-2-3-7-14(12)15/h2-8,13H,9-11H2,1H3,(H,17,19). The lowest BCUT2D eigenvalue weighted by Crippen LogP contribution is -2.36. The third-order valence-electron chi connectivity index (χ3n) is 3.50. The molecular weight excluding hydrogens is 236 g/mol. The first-order valence-electron chi connectivity index (χ1n) is 6.72. The van der Waals surface area contributed by atoms with Crippen LogP contribution in [-0.2, 0) is 4.79 Å². The van der Waals surface area contributed by atoms with Crippen molar-refractivity contribution in [3.05, 3.63) is 42.5 Å². The molecule has 0 heterocycles. The minimum Gasteiger partial charge on any atom is -0.365 e. The quantitative estimate of drug-likeness (QED) is 0.909. The van der Waals surface area contributed by atoms with Crippen LogP contribution in [0.15, 0.2) is 42.5 Å². The Balaban J connectivity index is 1.80. The lowest BCUT2D eigenvalue weighted by Gasteiger charge is -2.20. The first-order valence-corrected chi connectivity index (χ1v) is 6.72. The van der Waals surface area contributed by atoms with Crippen molar-refractivity contribution in [2.45, 2.75) is 18.9 Å². The number of nitrogens with one attached hydrogen (secondary N) is 1. The molecule has 2 aromatic carbocycles. The van der Waals surface area contributed by atoms with Gasteiger partial charge in [-0.25, -0.2) is 0 Å². The zero-order valence-corrected chi connectivity index (χ0v) is 11.1. The summed E-state index contributed by atoms with van der Waals surface area (Å²) in [6.07, 6.45) is 2.26. The van der Waals surface area contributed by atoms with Crippen LogP contribution in [0.2, 0.25) is 0 Å². The van der Waals surface area contributed by atoms with Gasteiger partial charge in [-0.3, -0.25) is 4.79 Å². The van der Waals surface area contributed by atoms with Gasteiger partial charge in [0.1, 0.15) is 0 Å². The van der Waals surface area contributed by atoms with E-state index < -0.39 is 0 Å². The second-order valence-corrected chi connectivity index (χ2v) is 5.20. The Bertz CT molecular complexity index is 599. The zero-order valence-electron chi connectivity index (χ0n) is 11.1. The minimum atomic E-state index is 0.109. The fourth-order valence-electron chi connectivity index (χ4n) is 2.34. The van der Waals surface area contributed by atoms with E-state index in [2.05, 4.69) is 29.6 Å². The fourth-order valence-corrected chi connectivity index (χ4v) is 2.34. The van der Waals surface area contributed by atoms with Crippen molar-refractivity contribution in [3.63, 3.8) is 0 Å². The van der Waals surface area contributed by atoms with Gasteiger partial charge in [0.15, 0.2) is 0 Å². The highest BCUT2D eigenvalue weighted by Gasteiger charge is 2.23. The predicted molar refractivity (Wildman–Crippen MR) is 78.4 cm³/mol. The molecule has 0 bridgehead atoms. The number of carbonyl (C=O) groups is 1. The largest absolute Gasteiger partial charge is 0.365 e. The summed E-state index contributed by atoms with van der Waals surface area (Å²) in [5, 5.41) is 5.41. The maximum Gasteiger partial charge on any atom is 0.239 e. The van der Waals surface area contributed by atoms with Gasteiger partial charge in [-0.1, -0.05) is 36.4 Å². The number of carbonyl (C=O) groups excluding carboxylic acids is 1. The first kappa shape index (κ1) is 12.0. The SMILES string of the molecule is CN(CC(=O)NC1CC1)c1cccc2ccccc12. The molecule has 1 fully saturated rings. The summed E-state index contributed by atoms with van der Waals surface area (Å²) < 4.78 is 0. The summed E-state index contributed by atoms with van der Waals surface area (Å²) in [6, 6.07) is 14.9. The van der Waals surface area contributed by atoms with Crippen molar-refractivity contribution in [1.29, 1.82) is 0 Å². The number of anilines is 1. The molecule has 0 aromatic heterocycles. The molecule has 1 saturated carbocycles. The average molecular weight is 254 g/mol. The molecule has 0 atom stereocenters. The number of amides is 1. The van der Waals surface area contributed by atoms with Crippen molar-refractivity contribution < 1.29 is 4.79 Å². The molecule has 3 rings (SSSR count). The second-order valence-electron chi connectivity index (χ2n) is 5.20. The summed E-state index contributed by atoms with van der Waals surface area (Å²) in [5.74, 6) is 0.109. The van der Waals surface area contributed by atoms with Crippen molar-refractivity contribution in [2.75, 3.05) is 18.5 Å². The van der Waals surface area contributed by atoms with Crippen molar-refractivity contribution in [1.82, 2.24) is 5.32 Å². The fraction of sp³-hybridized carbons (Fsp3) is 0.312. The minimum absolute atomic E-state index is 0.109. The van der Waals surface area contributed by atoms with E-state index in [0.29, 0.717) is 12.6 Å². The number of hydrogen-bond donors (Lipinski definition) is 1. The van der Waals surface area contributed by atoms with Crippen LogP contribution in [0.4, 0.5) is 5.69 Å². The zero-order chi connectivity index (χ0) is 13.2. The topological polar surface area (TPSA) is 32.3 Å². The second kappa shape index (κ2) is 4.92. The van der Waals surface area contributed by atoms with E-state index in [-0.39, 0.29) is 5.91 Å². The number of likely N-dealkylation sites (N-methyl/N-ethyl adjacent to an activating group) is 1. The van der Waals surface area contributed by atoms with Gasteiger partial charge in [-0.2, -0.15) is 0 Å². The van der Waals surface area contributed by atoms with Gasteiger partial charge in [0, 0.05) is 24.2 Å². The normalized spacial score (nSPS) is 14.4. The van der Waals surface area contributed by atoms with Gasteiger partial charge in [0.05, 0.1) is 6.54 Å². The molecule has 98 valence electrons. The van der Waals surface area contributed by atoms with E-state index in [1.807, 2.05) is 30.1 Å². The highest BCUT2D eigenvalue weighted by Crippen LogP contribution is 2.25. The molecule has 0 aliphatic heterocycles. The first-order chi connectivity index (χ1) is 9.24. The van der Waals surface area contributed by atoms with Gasteiger partial charge < -0.3 is 10.2 Å². The Labute approximate surface area is 113 Å². The Kier molecular flexibility index (Phi) is 3.11. The monoisotopic (exact) mass is 254 g/mol. The van der Waals surface area contributed by atoms with E-state index in [4.69, 9.17) is 0 Å². The van der Waals surface area contributed by atoms with E-state index in [0.717, 1.165) is 18.5 Å². The summed E-state index contributed by atoms with van der Waals surface area (Å²) in [4.78, 5) is 13.9. The Hall–Kier alpha value is -2.03. The number of nitrogens with zero attached hydrogens (tertiary/aromatic N) is 1. The third-order valence-corrected chi connectivity index (χ3v) is 3.50. The molecule has 1 aliphatic rings. The van der Waals surface area contributed by atoms with Crippen LogP contribution >= 0.6 is 0 Å². The molecule has 3 nitrogen and oxygen atoms in total. The predicted octanol–water partition coefficient (Wildman–Crippen LogP) is 2.55. The van der Waals surface area contributed by atoms with Gasteiger partial charge in [0.25, 0.3) is 0 Å². The number of rotatable bonds is 4. The van der Waals surface area contributed by atoms with Gasteiger partial charge in [0.2, 0.25) is 5.91 Å². The van der Waals surface area contributed by atoms with Crippen LogP contribution in [0.3, 0.4) is 0 Å². The summed E-state index contributed by atoms with van der Waals surface area (Å²) >= 11 is 0. The summed E-state index contributed by atoms with van der Waals surface area (Å²) in [5.41, 5.74) is 1.10. The number of benzene rings is 2. The number of fused-ring (bicyclic) bond motifs is 1. The van der Waals surface area contributed by atoms with Crippen LogP contribution in [0, 0.1) is 0 Å². The molecule has 0 unspecified atom stereocenters. The molecule has 2 aromatic rings. The molecule has 1 aliphatic carbocycles. The Morgan fingerprint density at radius 3 is 2.74 bits per heavy atom. The Morgan fingerprint density at radius 2 is 1.95 bits per heavy atom. The maximum absolute atomic E-state index is 11.9. The van der Waals surface area contributed by atoms with Crippen molar-refractivity contribution in [2.24, 2.45) is 0 Å². The van der Waals surface area contributed by atoms with E-state index in [1.54, 1.807) is 0 Å². The highest BCUT2D eigenvalue weighted by molar-refractivity contribution is 5.95. The van der Waals surface area contributed by atoms with Crippen molar-refractivity contribution >= 4 is 22.4 Å². The summed E-state index contributed by atoms with van der Waals surface area (Å²) in [7, 11) is 1.97. The van der Waals surface area contributed by atoms with Crippen LogP contribution in [-0.4, -0.2) is 25.5 Å². The lowest BCUT2D eigenvalue weighted by molar-refractivity contribution is -0.119. The summed E-state index contributed by atoms with van der Waals surface area (Å²) in [6.45, 7) is 0.407. The van der Waals surface area contributed by atoms with Crippen LogP contribution < -0.4 is 10.2 Å². The molecule has 0 radical (unpaired) electrons. The molecule has 19 heavy (non-hydrogen) atoms. The highest BCUT2D eigenvalue weighted by atomic mass is 16.2. The lowest BCUT2D eigenvalue weighted by atomic mass is 10.1. The van der Waals surface area contributed by atoms with Gasteiger partial charge in [-0.15, -0.1) is 0 Å². The van der Waals surface area contributed by atoms with Crippen LogP contribution in [0.25, 0.3) is 10.8 Å². The molecule has 1 amide bonds. The van der Waals surface area contributed by atoms with E-state index in [9.17, 15) is 4.79 Å². The van der Waals surface area contributed by atoms with Crippen LogP contribution in [0.5, 0.6) is 0 Å². The molecule has 1 N–H and O–H groups in total. The van der Waals surface area contributed by atoms with Gasteiger partial charge in [-0.05, 0) is 24.3 Å². The van der Waals surface area contributed by atoms with Crippen molar-refractivity contribution in [3.8, 4) is 0 Å². The molecular formula is C16H18N2O. The number of hydrogen-bond acceptors (Lipinski definition) is 2. The average Bonchev–Trinajstić information content (AvgIpc) is 3.21. The van der Waals surface area contributed by atoms with E-state index >= 15 is 0 Å². The maximum atomic E-state index is 11.9. The van der Waals surface area contributed by atoms with Crippen LogP contribution in [0.1, 0.15) is 12.8 Å². The molecule has 0 saturated heterocycles. The third kappa shape index (κ3) is 2.70. The van der Waals surface area contributed by atoms with Gasteiger partial charge >= 0.3 is 0 Å². The van der Waals surface area contributed by atoms with E-state index in [1.165, 1.54) is 10.8 Å². The molecule has 3 heteroatoms. The Morgan fingerprint density at radius 1 is 1.21 bits per heavy atom.